The lowest BCUT2D eigenvalue weighted by Crippen LogP contribution is -1.87. The maximum atomic E-state index is 5.83. The largest absolute Gasteiger partial charge is 0.384 e. The van der Waals surface area contributed by atoms with Gasteiger partial charge < -0.3 is 5.73 Å². The smallest absolute Gasteiger partial charge is 0.126 e. The van der Waals surface area contributed by atoms with Gasteiger partial charge in [0.1, 0.15) is 5.82 Å². The highest BCUT2D eigenvalue weighted by atomic mass is 32.1. The fourth-order valence-electron chi connectivity index (χ4n) is 1.89. The molecule has 0 saturated heterocycles. The van der Waals surface area contributed by atoms with Gasteiger partial charge in [0.25, 0.3) is 0 Å². The number of H-pyrrole nitrogens is 1. The Morgan fingerprint density at radius 1 is 1.33 bits per heavy atom. The Kier molecular flexibility index (Phi) is 2.56. The molecule has 2 aromatic heterocycles. The lowest BCUT2D eigenvalue weighted by atomic mass is 10.1. The van der Waals surface area contributed by atoms with E-state index in [1.807, 2.05) is 0 Å². The number of fused-ring (bicyclic) bond motifs is 1. The zero-order valence-corrected chi connectivity index (χ0v) is 11.1. The molecular formula is C13H14N4S. The van der Waals surface area contributed by atoms with Crippen molar-refractivity contribution in [2.45, 2.75) is 19.8 Å². The minimum Gasteiger partial charge on any atom is -0.384 e. The van der Waals surface area contributed by atoms with Crippen LogP contribution in [0.1, 0.15) is 24.8 Å². The van der Waals surface area contributed by atoms with Gasteiger partial charge in [-0.05, 0) is 17.7 Å². The van der Waals surface area contributed by atoms with E-state index in [9.17, 15) is 0 Å². The second-order valence-corrected chi connectivity index (χ2v) is 5.65. The summed E-state index contributed by atoms with van der Waals surface area (Å²) in [6.45, 7) is 4.32. The van der Waals surface area contributed by atoms with Crippen LogP contribution < -0.4 is 5.73 Å². The van der Waals surface area contributed by atoms with Crippen molar-refractivity contribution in [2.24, 2.45) is 0 Å². The molecule has 0 amide bonds. The van der Waals surface area contributed by atoms with E-state index in [-0.39, 0.29) is 0 Å². The molecule has 0 bridgehead atoms. The molecule has 4 nitrogen and oxygen atoms in total. The van der Waals surface area contributed by atoms with Gasteiger partial charge >= 0.3 is 0 Å². The normalized spacial score (nSPS) is 11.5. The first-order valence-electron chi connectivity index (χ1n) is 5.85. The molecule has 1 aromatic carbocycles. The molecule has 0 aliphatic rings. The Hall–Kier alpha value is -1.88. The molecule has 3 N–H and O–H groups in total. The van der Waals surface area contributed by atoms with E-state index < -0.39 is 0 Å². The standard InChI is InChI=1S/C13H14N4S/c1-7(2)13-16-10-5-8(3-4-11(10)18-13)9-6-15-17-12(9)14/h3-7H,1-2H3,(H3,14,15,17). The van der Waals surface area contributed by atoms with Crippen LogP contribution in [0.5, 0.6) is 0 Å². The zero-order chi connectivity index (χ0) is 12.7. The predicted molar refractivity (Wildman–Crippen MR) is 75.7 cm³/mol. The molecule has 5 heteroatoms. The van der Waals surface area contributed by atoms with Crippen LogP contribution in [0.4, 0.5) is 5.82 Å². The van der Waals surface area contributed by atoms with E-state index >= 15 is 0 Å². The van der Waals surface area contributed by atoms with Gasteiger partial charge in [-0.2, -0.15) is 5.10 Å². The number of aromatic amines is 1. The molecule has 18 heavy (non-hydrogen) atoms. The van der Waals surface area contributed by atoms with E-state index in [2.05, 4.69) is 47.2 Å². The summed E-state index contributed by atoms with van der Waals surface area (Å²) in [4.78, 5) is 4.66. The van der Waals surface area contributed by atoms with Gasteiger partial charge in [-0.1, -0.05) is 19.9 Å². The number of nitrogens with two attached hydrogens (primary N) is 1. The average Bonchev–Trinajstić information content (AvgIpc) is 2.93. The van der Waals surface area contributed by atoms with Crippen LogP contribution in [0.2, 0.25) is 0 Å². The van der Waals surface area contributed by atoms with Crippen molar-refractivity contribution in [3.63, 3.8) is 0 Å². The van der Waals surface area contributed by atoms with Gasteiger partial charge in [0.05, 0.1) is 21.4 Å². The minimum absolute atomic E-state index is 0.463. The molecule has 0 saturated carbocycles. The van der Waals surface area contributed by atoms with Gasteiger partial charge in [0.2, 0.25) is 0 Å². The van der Waals surface area contributed by atoms with Crippen LogP contribution in [0, 0.1) is 0 Å². The average molecular weight is 258 g/mol. The number of nitrogens with one attached hydrogen (secondary N) is 1. The number of thiazole rings is 1. The van der Waals surface area contributed by atoms with Gasteiger partial charge in [-0.3, -0.25) is 5.10 Å². The van der Waals surface area contributed by atoms with Gasteiger partial charge in [0, 0.05) is 11.5 Å². The highest BCUT2D eigenvalue weighted by Crippen LogP contribution is 2.31. The molecule has 3 aromatic rings. The summed E-state index contributed by atoms with van der Waals surface area (Å²) in [6, 6.07) is 6.23. The molecule has 0 aliphatic carbocycles. The summed E-state index contributed by atoms with van der Waals surface area (Å²) in [5.74, 6) is 1.05. The van der Waals surface area contributed by atoms with Crippen LogP contribution in [-0.2, 0) is 0 Å². The first-order chi connectivity index (χ1) is 8.65. The number of benzene rings is 1. The van der Waals surface area contributed by atoms with Crippen molar-refractivity contribution in [1.29, 1.82) is 0 Å². The molecule has 3 rings (SSSR count). The third-order valence-corrected chi connectivity index (χ3v) is 4.21. The molecule has 2 heterocycles. The van der Waals surface area contributed by atoms with E-state index in [1.54, 1.807) is 17.5 Å². The summed E-state index contributed by atoms with van der Waals surface area (Å²) in [5.41, 5.74) is 8.84. The molecule has 0 spiro atoms. The maximum Gasteiger partial charge on any atom is 0.126 e. The maximum absolute atomic E-state index is 5.83. The van der Waals surface area contributed by atoms with Gasteiger partial charge in [-0.15, -0.1) is 11.3 Å². The lowest BCUT2D eigenvalue weighted by molar-refractivity contribution is 0.857. The number of anilines is 1. The quantitative estimate of drug-likeness (QED) is 0.740. The van der Waals surface area contributed by atoms with Gasteiger partial charge in [0.15, 0.2) is 0 Å². The lowest BCUT2D eigenvalue weighted by Gasteiger charge is -1.98. The second-order valence-electron chi connectivity index (χ2n) is 4.59. The van der Waals surface area contributed by atoms with Crippen molar-refractivity contribution in [3.8, 4) is 11.1 Å². The fourth-order valence-corrected chi connectivity index (χ4v) is 2.84. The predicted octanol–water partition coefficient (Wildman–Crippen LogP) is 3.39. The summed E-state index contributed by atoms with van der Waals surface area (Å²) < 4.78 is 1.21. The molecule has 92 valence electrons. The summed E-state index contributed by atoms with van der Waals surface area (Å²) in [7, 11) is 0. The Labute approximate surface area is 109 Å². The van der Waals surface area contributed by atoms with Crippen molar-refractivity contribution >= 4 is 27.4 Å². The summed E-state index contributed by atoms with van der Waals surface area (Å²) in [5, 5.41) is 7.86. The van der Waals surface area contributed by atoms with E-state index in [1.165, 1.54) is 9.71 Å². The topological polar surface area (TPSA) is 67.6 Å². The Morgan fingerprint density at radius 3 is 2.83 bits per heavy atom. The third-order valence-electron chi connectivity index (χ3n) is 2.88. The minimum atomic E-state index is 0.463. The fraction of sp³-hybridized carbons (Fsp3) is 0.231. The Bertz CT molecular complexity index is 696. The van der Waals surface area contributed by atoms with Crippen LogP contribution in [0.15, 0.2) is 24.4 Å². The first kappa shape index (κ1) is 11.2. The first-order valence-corrected chi connectivity index (χ1v) is 6.66. The van der Waals surface area contributed by atoms with Crippen molar-refractivity contribution in [2.75, 3.05) is 5.73 Å². The SMILES string of the molecule is CC(C)c1nc2cc(-c3cn[nH]c3N)ccc2s1. The molecule has 0 aliphatic heterocycles. The van der Waals surface area contributed by atoms with E-state index in [0.29, 0.717) is 11.7 Å². The molecule has 0 atom stereocenters. The molecule has 0 radical (unpaired) electrons. The Morgan fingerprint density at radius 2 is 2.17 bits per heavy atom. The molecule has 0 unspecified atom stereocenters. The molecule has 0 fully saturated rings. The van der Waals surface area contributed by atoms with E-state index in [4.69, 9.17) is 5.73 Å². The van der Waals surface area contributed by atoms with Crippen molar-refractivity contribution < 1.29 is 0 Å². The monoisotopic (exact) mass is 258 g/mol. The number of nitrogen functional groups attached to an aromatic ring is 1. The van der Waals surface area contributed by atoms with Crippen molar-refractivity contribution in [1.82, 2.24) is 15.2 Å². The number of aromatic nitrogens is 3. The zero-order valence-electron chi connectivity index (χ0n) is 10.3. The summed E-state index contributed by atoms with van der Waals surface area (Å²) in [6.07, 6.45) is 1.74. The summed E-state index contributed by atoms with van der Waals surface area (Å²) >= 11 is 1.75. The number of hydrogen-bond donors (Lipinski definition) is 2. The van der Waals surface area contributed by atoms with Crippen molar-refractivity contribution in [3.05, 3.63) is 29.4 Å². The van der Waals surface area contributed by atoms with Gasteiger partial charge in [-0.25, -0.2) is 4.98 Å². The van der Waals surface area contributed by atoms with E-state index in [0.717, 1.165) is 16.6 Å². The van der Waals surface area contributed by atoms with Crippen LogP contribution in [-0.4, -0.2) is 15.2 Å². The highest BCUT2D eigenvalue weighted by molar-refractivity contribution is 7.18. The van der Waals surface area contributed by atoms with Crippen LogP contribution in [0.3, 0.4) is 0 Å². The third kappa shape index (κ3) is 1.76. The number of hydrogen-bond acceptors (Lipinski definition) is 4. The Balaban J connectivity index is 2.14. The second kappa shape index (κ2) is 4.10. The van der Waals surface area contributed by atoms with Crippen LogP contribution >= 0.6 is 11.3 Å². The number of nitrogens with zero attached hydrogens (tertiary/aromatic N) is 2. The number of rotatable bonds is 2. The van der Waals surface area contributed by atoms with Crippen LogP contribution in [0.25, 0.3) is 21.3 Å². The highest BCUT2D eigenvalue weighted by Gasteiger charge is 2.10. The molecular weight excluding hydrogens is 244 g/mol.